The molecule has 1 aliphatic heterocycles. The fraction of sp³-hybridized carbons (Fsp3) is 0.677. The molecule has 238 valence electrons. The molecule has 0 radical (unpaired) electrons. The van der Waals surface area contributed by atoms with Crippen LogP contribution in [-0.4, -0.2) is 82.6 Å². The van der Waals surface area contributed by atoms with Crippen molar-refractivity contribution in [3.8, 4) is 17.1 Å². The molecule has 2 fully saturated rings. The molecular weight excluding hydrogens is 569 g/mol. The van der Waals surface area contributed by atoms with E-state index in [1.807, 2.05) is 13.8 Å². The number of halogens is 1. The summed E-state index contributed by atoms with van der Waals surface area (Å²) in [5.74, 6) is -0.697. The number of hydrogen-bond donors (Lipinski definition) is 2. The second-order valence-corrected chi connectivity index (χ2v) is 19.2. The molecule has 2 atom stereocenters. The highest BCUT2D eigenvalue weighted by molar-refractivity contribution is 6.76. The molecule has 0 spiro atoms. The third-order valence-corrected chi connectivity index (χ3v) is 10.5. The van der Waals surface area contributed by atoms with Crippen LogP contribution in [0.15, 0.2) is 18.3 Å². The number of amides is 2. The van der Waals surface area contributed by atoms with E-state index in [9.17, 15) is 19.1 Å². The van der Waals surface area contributed by atoms with Crippen molar-refractivity contribution >= 4 is 19.9 Å². The van der Waals surface area contributed by atoms with Gasteiger partial charge in [0.2, 0.25) is 11.8 Å². The number of pyridine rings is 1. The summed E-state index contributed by atoms with van der Waals surface area (Å²) >= 11 is 0. The number of hydrogen-bond acceptors (Lipinski definition) is 7. The van der Waals surface area contributed by atoms with Crippen LogP contribution in [0.5, 0.6) is 5.88 Å². The van der Waals surface area contributed by atoms with E-state index < -0.39 is 19.5 Å². The molecule has 43 heavy (non-hydrogen) atoms. The van der Waals surface area contributed by atoms with Gasteiger partial charge in [-0.05, 0) is 64.0 Å². The smallest absolute Gasteiger partial charge is 0.274 e. The van der Waals surface area contributed by atoms with Crippen LogP contribution in [0.2, 0.25) is 25.7 Å². The Hall–Kier alpha value is -2.83. The first-order valence-electron chi connectivity index (χ1n) is 15.5. The lowest BCUT2D eigenvalue weighted by Gasteiger charge is -2.39. The van der Waals surface area contributed by atoms with Crippen LogP contribution in [-0.2, 0) is 16.3 Å². The number of aromatic nitrogens is 3. The summed E-state index contributed by atoms with van der Waals surface area (Å²) in [6.45, 7) is 11.7. The summed E-state index contributed by atoms with van der Waals surface area (Å²) in [4.78, 5) is 32.7. The zero-order valence-corrected chi connectivity index (χ0v) is 27.5. The first kappa shape index (κ1) is 33.1. The molecule has 12 heteroatoms. The van der Waals surface area contributed by atoms with E-state index in [1.165, 1.54) is 17.9 Å². The van der Waals surface area contributed by atoms with E-state index in [1.54, 1.807) is 11.0 Å². The minimum atomic E-state index is -1.31. The summed E-state index contributed by atoms with van der Waals surface area (Å²) < 4.78 is 27.7. The fourth-order valence-corrected chi connectivity index (χ4v) is 6.64. The SMILES string of the molecule is CCC1CC(C(=O)NC2CCC(C)(O)CC2)CCN1C(=O)c1cc(-c2cc(OC)ncc2F)n(COCC[Si](C)(C)C)n1. The quantitative estimate of drug-likeness (QED) is 0.274. The number of rotatable bonds is 11. The first-order valence-corrected chi connectivity index (χ1v) is 19.2. The zero-order valence-electron chi connectivity index (χ0n) is 26.5. The third kappa shape index (κ3) is 8.63. The van der Waals surface area contributed by atoms with E-state index in [0.29, 0.717) is 50.9 Å². The average molecular weight is 618 g/mol. The van der Waals surface area contributed by atoms with E-state index in [-0.39, 0.29) is 53.7 Å². The number of nitrogens with zero attached hydrogens (tertiary/aromatic N) is 4. The number of piperidine rings is 1. The van der Waals surface area contributed by atoms with Crippen molar-refractivity contribution in [3.63, 3.8) is 0 Å². The Balaban J connectivity index is 1.49. The molecule has 1 saturated heterocycles. The first-order chi connectivity index (χ1) is 20.3. The van der Waals surface area contributed by atoms with Gasteiger partial charge in [-0.25, -0.2) is 14.1 Å². The van der Waals surface area contributed by atoms with Crippen LogP contribution in [0.25, 0.3) is 11.3 Å². The second-order valence-electron chi connectivity index (χ2n) is 13.5. The highest BCUT2D eigenvalue weighted by atomic mass is 28.3. The summed E-state index contributed by atoms with van der Waals surface area (Å²) in [7, 11) is 0.150. The van der Waals surface area contributed by atoms with Gasteiger partial charge < -0.3 is 24.8 Å². The van der Waals surface area contributed by atoms with Crippen molar-refractivity contribution in [2.24, 2.45) is 5.92 Å². The van der Waals surface area contributed by atoms with Gasteiger partial charge in [-0.2, -0.15) is 5.10 Å². The van der Waals surface area contributed by atoms with Gasteiger partial charge in [-0.15, -0.1) is 0 Å². The lowest BCUT2D eigenvalue weighted by Crippen LogP contribution is -2.51. The van der Waals surface area contributed by atoms with Gasteiger partial charge in [0.25, 0.3) is 5.91 Å². The predicted molar refractivity (Wildman–Crippen MR) is 165 cm³/mol. The van der Waals surface area contributed by atoms with Crippen LogP contribution in [0.3, 0.4) is 0 Å². The van der Waals surface area contributed by atoms with Crippen LogP contribution in [0, 0.1) is 11.7 Å². The second kappa shape index (κ2) is 13.9. The molecule has 4 rings (SSSR count). The van der Waals surface area contributed by atoms with E-state index in [4.69, 9.17) is 9.47 Å². The highest BCUT2D eigenvalue weighted by Crippen LogP contribution is 2.31. The van der Waals surface area contributed by atoms with Crippen molar-refractivity contribution in [1.29, 1.82) is 0 Å². The van der Waals surface area contributed by atoms with Gasteiger partial charge in [0.05, 0.1) is 24.6 Å². The number of likely N-dealkylation sites (tertiary alicyclic amines) is 1. The summed E-state index contributed by atoms with van der Waals surface area (Å²) in [6.07, 6.45) is 5.81. The number of ether oxygens (including phenoxy) is 2. The number of carbonyl (C=O) groups excluding carboxylic acids is 2. The molecule has 0 aromatic carbocycles. The van der Waals surface area contributed by atoms with Gasteiger partial charge in [-0.1, -0.05) is 26.6 Å². The van der Waals surface area contributed by atoms with Crippen molar-refractivity contribution in [2.75, 3.05) is 20.3 Å². The topological polar surface area (TPSA) is 119 Å². The van der Waals surface area contributed by atoms with Crippen LogP contribution >= 0.6 is 0 Å². The normalized spacial score (nSPS) is 24.6. The van der Waals surface area contributed by atoms with E-state index in [2.05, 4.69) is 35.0 Å². The predicted octanol–water partition coefficient (Wildman–Crippen LogP) is 4.85. The Morgan fingerprint density at radius 3 is 2.58 bits per heavy atom. The molecule has 2 N–H and O–H groups in total. The molecule has 1 saturated carbocycles. The van der Waals surface area contributed by atoms with Crippen LogP contribution in [0.1, 0.15) is 69.3 Å². The summed E-state index contributed by atoms with van der Waals surface area (Å²) in [6, 6.07) is 4.02. The van der Waals surface area contributed by atoms with Gasteiger partial charge in [0.1, 0.15) is 6.73 Å². The van der Waals surface area contributed by atoms with E-state index in [0.717, 1.165) is 25.1 Å². The summed E-state index contributed by atoms with van der Waals surface area (Å²) in [5, 5.41) is 18.0. The number of methoxy groups -OCH3 is 1. The zero-order chi connectivity index (χ0) is 31.4. The monoisotopic (exact) mass is 617 g/mol. The lowest BCUT2D eigenvalue weighted by molar-refractivity contribution is -0.128. The maximum absolute atomic E-state index is 15.0. The standard InChI is InChI=1S/C31H48FN5O5Si/c1-7-23-16-21(29(38)34-22-8-11-31(2,40)12-9-22)10-13-36(23)30(39)26-18-27(24-17-28(41-3)33-19-25(24)32)37(35-26)20-42-14-15-43(4,5)6/h17-19,21-23,40H,7-16,20H2,1-6H3,(H,34,38). The molecule has 10 nitrogen and oxygen atoms in total. The fourth-order valence-electron chi connectivity index (χ4n) is 5.89. The Kier molecular flexibility index (Phi) is 10.7. The minimum Gasteiger partial charge on any atom is -0.481 e. The maximum Gasteiger partial charge on any atom is 0.274 e. The largest absolute Gasteiger partial charge is 0.481 e. The number of nitrogens with one attached hydrogen (secondary N) is 1. The molecule has 2 aromatic rings. The van der Waals surface area contributed by atoms with Crippen LogP contribution in [0.4, 0.5) is 4.39 Å². The molecular formula is C31H48FN5O5Si. The van der Waals surface area contributed by atoms with Crippen molar-refractivity contribution in [2.45, 2.75) is 109 Å². The van der Waals surface area contributed by atoms with Crippen molar-refractivity contribution < 1.29 is 28.6 Å². The van der Waals surface area contributed by atoms with Crippen molar-refractivity contribution in [1.82, 2.24) is 25.0 Å². The van der Waals surface area contributed by atoms with Crippen molar-refractivity contribution in [3.05, 3.63) is 29.8 Å². The highest BCUT2D eigenvalue weighted by Gasteiger charge is 2.37. The third-order valence-electron chi connectivity index (χ3n) is 8.75. The van der Waals surface area contributed by atoms with Gasteiger partial charge >= 0.3 is 0 Å². The molecule has 2 amide bonds. The summed E-state index contributed by atoms with van der Waals surface area (Å²) in [5.41, 5.74) is 0.180. The Bertz CT molecular complexity index is 1270. The van der Waals surface area contributed by atoms with Crippen LogP contribution < -0.4 is 10.1 Å². The van der Waals surface area contributed by atoms with Gasteiger partial charge in [0, 0.05) is 50.9 Å². The number of carbonyl (C=O) groups is 2. The molecule has 3 heterocycles. The van der Waals surface area contributed by atoms with Gasteiger partial charge in [-0.3, -0.25) is 9.59 Å². The lowest BCUT2D eigenvalue weighted by atomic mass is 9.83. The number of aliphatic hydroxyl groups is 1. The average Bonchev–Trinajstić information content (AvgIpc) is 3.39. The molecule has 2 unspecified atom stereocenters. The molecule has 2 aliphatic rings. The Morgan fingerprint density at radius 2 is 1.93 bits per heavy atom. The van der Waals surface area contributed by atoms with Gasteiger partial charge in [0.15, 0.2) is 11.5 Å². The van der Waals surface area contributed by atoms with E-state index >= 15 is 0 Å². The maximum atomic E-state index is 15.0. The minimum absolute atomic E-state index is 0.0289. The molecule has 0 bridgehead atoms. The molecule has 1 aliphatic carbocycles. The Labute approximate surface area is 255 Å². The molecule has 2 aromatic heterocycles. The Morgan fingerprint density at radius 1 is 1.21 bits per heavy atom.